The van der Waals surface area contributed by atoms with Crippen LogP contribution in [0, 0.1) is 0 Å². The number of nitrogens with one attached hydrogen (secondary N) is 1. The molecule has 1 unspecified atom stereocenters. The molecule has 0 aliphatic rings. The molecule has 2 nitrogen and oxygen atoms in total. The Morgan fingerprint density at radius 2 is 1.79 bits per heavy atom. The molecule has 19 heavy (non-hydrogen) atoms. The summed E-state index contributed by atoms with van der Waals surface area (Å²) in [6, 6.07) is 15.8. The number of para-hydroxylation sites is 1. The average molecular weight is 320 g/mol. The zero-order chi connectivity index (χ0) is 13.7. The van der Waals surface area contributed by atoms with Crippen molar-refractivity contribution in [2.45, 2.75) is 25.9 Å². The monoisotopic (exact) mass is 319 g/mol. The van der Waals surface area contributed by atoms with E-state index in [1.165, 1.54) is 5.56 Å². The fraction of sp³-hybridized carbons (Fsp3) is 0.250. The van der Waals surface area contributed by atoms with Crippen LogP contribution in [0.25, 0.3) is 0 Å². The lowest BCUT2D eigenvalue weighted by atomic mass is 10.0. The molecule has 0 bridgehead atoms. The molecule has 2 aromatic rings. The number of rotatable bonds is 5. The molecule has 0 saturated heterocycles. The number of halogens is 1. The second-order valence-electron chi connectivity index (χ2n) is 4.49. The fourth-order valence-electron chi connectivity index (χ4n) is 2.13. The molecule has 0 aliphatic heterocycles. The summed E-state index contributed by atoms with van der Waals surface area (Å²) in [4.78, 5) is 0. The van der Waals surface area contributed by atoms with Crippen LogP contribution in [0.4, 0.5) is 0 Å². The number of aromatic hydroxyl groups is 1. The summed E-state index contributed by atoms with van der Waals surface area (Å²) in [5.41, 5.74) is 2.17. The topological polar surface area (TPSA) is 32.3 Å². The maximum absolute atomic E-state index is 9.91. The van der Waals surface area contributed by atoms with Crippen LogP contribution in [0.3, 0.4) is 0 Å². The highest BCUT2D eigenvalue weighted by Gasteiger charge is 2.12. The Kier molecular flexibility index (Phi) is 5.00. The summed E-state index contributed by atoms with van der Waals surface area (Å²) in [5, 5.41) is 13.4. The molecule has 0 aliphatic carbocycles. The highest BCUT2D eigenvalue weighted by Crippen LogP contribution is 2.26. The lowest BCUT2D eigenvalue weighted by Gasteiger charge is -2.19. The molecule has 2 aromatic carbocycles. The van der Waals surface area contributed by atoms with E-state index in [9.17, 15) is 5.11 Å². The SMILES string of the molecule is CCC(NCc1ccccc1Br)c1ccccc1O. The van der Waals surface area contributed by atoms with Crippen molar-refractivity contribution in [1.82, 2.24) is 5.32 Å². The summed E-state index contributed by atoms with van der Waals surface area (Å²) in [6.07, 6.45) is 0.933. The normalized spacial score (nSPS) is 12.3. The van der Waals surface area contributed by atoms with E-state index < -0.39 is 0 Å². The van der Waals surface area contributed by atoms with Gasteiger partial charge < -0.3 is 10.4 Å². The number of phenolic OH excluding ortho intramolecular Hbond substituents is 1. The predicted molar refractivity (Wildman–Crippen MR) is 82.1 cm³/mol. The van der Waals surface area contributed by atoms with Crippen LogP contribution < -0.4 is 5.32 Å². The zero-order valence-electron chi connectivity index (χ0n) is 10.9. The third-order valence-corrected chi connectivity index (χ3v) is 3.99. The van der Waals surface area contributed by atoms with Crippen molar-refractivity contribution >= 4 is 15.9 Å². The minimum absolute atomic E-state index is 0.160. The highest BCUT2D eigenvalue weighted by molar-refractivity contribution is 9.10. The van der Waals surface area contributed by atoms with E-state index in [0.29, 0.717) is 5.75 Å². The van der Waals surface area contributed by atoms with E-state index >= 15 is 0 Å². The number of phenols is 1. The van der Waals surface area contributed by atoms with Crippen molar-refractivity contribution in [1.29, 1.82) is 0 Å². The summed E-state index contributed by atoms with van der Waals surface area (Å²) < 4.78 is 1.11. The minimum atomic E-state index is 0.160. The van der Waals surface area contributed by atoms with E-state index in [0.717, 1.165) is 23.0 Å². The Balaban J connectivity index is 2.09. The van der Waals surface area contributed by atoms with E-state index in [4.69, 9.17) is 0 Å². The molecule has 0 radical (unpaired) electrons. The highest BCUT2D eigenvalue weighted by atomic mass is 79.9. The van der Waals surface area contributed by atoms with Gasteiger partial charge in [-0.15, -0.1) is 0 Å². The lowest BCUT2D eigenvalue weighted by Crippen LogP contribution is -2.20. The van der Waals surface area contributed by atoms with E-state index in [1.807, 2.05) is 36.4 Å². The predicted octanol–water partition coefficient (Wildman–Crippen LogP) is 4.40. The molecule has 0 saturated carbocycles. The Hall–Kier alpha value is -1.32. The van der Waals surface area contributed by atoms with Crippen molar-refractivity contribution in [2.75, 3.05) is 0 Å². The van der Waals surface area contributed by atoms with Crippen molar-refractivity contribution in [2.24, 2.45) is 0 Å². The van der Waals surface area contributed by atoms with Crippen LogP contribution in [-0.2, 0) is 6.54 Å². The van der Waals surface area contributed by atoms with Crippen LogP contribution in [0.2, 0.25) is 0 Å². The molecular formula is C16H18BrNO. The van der Waals surface area contributed by atoms with Gasteiger partial charge in [-0.1, -0.05) is 59.3 Å². The average Bonchev–Trinajstić information content (AvgIpc) is 2.43. The molecular weight excluding hydrogens is 302 g/mol. The molecule has 2 N–H and O–H groups in total. The molecule has 0 amide bonds. The summed E-state index contributed by atoms with van der Waals surface area (Å²) in [7, 11) is 0. The third-order valence-electron chi connectivity index (χ3n) is 3.22. The Labute approximate surface area is 122 Å². The molecule has 0 aromatic heterocycles. The first-order chi connectivity index (χ1) is 9.22. The quantitative estimate of drug-likeness (QED) is 0.856. The maximum Gasteiger partial charge on any atom is 0.120 e. The van der Waals surface area contributed by atoms with Gasteiger partial charge in [0.05, 0.1) is 0 Å². The van der Waals surface area contributed by atoms with Gasteiger partial charge in [0.15, 0.2) is 0 Å². The molecule has 3 heteroatoms. The molecule has 2 rings (SSSR count). The zero-order valence-corrected chi connectivity index (χ0v) is 12.5. The molecule has 1 atom stereocenters. The van der Waals surface area contributed by atoms with Gasteiger partial charge in [-0.2, -0.15) is 0 Å². The molecule has 0 heterocycles. The summed E-state index contributed by atoms with van der Waals surface area (Å²) in [6.45, 7) is 2.89. The van der Waals surface area contributed by atoms with Crippen LogP contribution in [0.1, 0.15) is 30.5 Å². The number of hydrogen-bond acceptors (Lipinski definition) is 2. The summed E-state index contributed by atoms with van der Waals surface area (Å²) >= 11 is 3.55. The Bertz CT molecular complexity index is 542. The van der Waals surface area contributed by atoms with Crippen molar-refractivity contribution < 1.29 is 5.11 Å². The van der Waals surface area contributed by atoms with Gasteiger partial charge in [-0.05, 0) is 24.1 Å². The van der Waals surface area contributed by atoms with Gasteiger partial charge >= 0.3 is 0 Å². The van der Waals surface area contributed by atoms with Gasteiger partial charge in [-0.3, -0.25) is 0 Å². The van der Waals surface area contributed by atoms with Crippen molar-refractivity contribution in [3.8, 4) is 5.75 Å². The van der Waals surface area contributed by atoms with Gasteiger partial charge in [0.1, 0.15) is 5.75 Å². The number of benzene rings is 2. The summed E-state index contributed by atoms with van der Waals surface area (Å²) in [5.74, 6) is 0.356. The lowest BCUT2D eigenvalue weighted by molar-refractivity contribution is 0.440. The van der Waals surface area contributed by atoms with Crippen molar-refractivity contribution in [3.05, 3.63) is 64.1 Å². The second kappa shape index (κ2) is 6.73. The van der Waals surface area contributed by atoms with Crippen LogP contribution >= 0.6 is 15.9 Å². The molecule has 0 spiro atoms. The van der Waals surface area contributed by atoms with E-state index in [-0.39, 0.29) is 6.04 Å². The molecule has 0 fully saturated rings. The first-order valence-electron chi connectivity index (χ1n) is 6.47. The third kappa shape index (κ3) is 3.58. The molecule has 100 valence electrons. The van der Waals surface area contributed by atoms with E-state index in [2.05, 4.69) is 34.2 Å². The smallest absolute Gasteiger partial charge is 0.120 e. The maximum atomic E-state index is 9.91. The Morgan fingerprint density at radius 1 is 1.11 bits per heavy atom. The van der Waals surface area contributed by atoms with Crippen LogP contribution in [0.5, 0.6) is 5.75 Å². The first-order valence-corrected chi connectivity index (χ1v) is 7.26. The number of hydrogen-bond donors (Lipinski definition) is 2. The fourth-order valence-corrected chi connectivity index (χ4v) is 2.56. The van der Waals surface area contributed by atoms with Gasteiger partial charge in [-0.25, -0.2) is 0 Å². The van der Waals surface area contributed by atoms with Crippen molar-refractivity contribution in [3.63, 3.8) is 0 Å². The minimum Gasteiger partial charge on any atom is -0.508 e. The largest absolute Gasteiger partial charge is 0.508 e. The first kappa shape index (κ1) is 14.1. The van der Waals surface area contributed by atoms with Crippen LogP contribution in [-0.4, -0.2) is 5.11 Å². The standard InChI is InChI=1S/C16H18BrNO/c1-2-15(13-8-4-6-10-16(13)19)18-11-12-7-3-5-9-14(12)17/h3-10,15,18-19H,2,11H2,1H3. The van der Waals surface area contributed by atoms with Gasteiger partial charge in [0.2, 0.25) is 0 Å². The van der Waals surface area contributed by atoms with E-state index in [1.54, 1.807) is 6.07 Å². The van der Waals surface area contributed by atoms with Crippen LogP contribution in [0.15, 0.2) is 53.0 Å². The Morgan fingerprint density at radius 3 is 2.47 bits per heavy atom. The second-order valence-corrected chi connectivity index (χ2v) is 5.35. The van der Waals surface area contributed by atoms with Gasteiger partial charge in [0.25, 0.3) is 0 Å². The van der Waals surface area contributed by atoms with Gasteiger partial charge in [0, 0.05) is 22.6 Å².